The van der Waals surface area contributed by atoms with Crippen molar-refractivity contribution in [1.29, 1.82) is 0 Å². The molecule has 0 saturated heterocycles. The van der Waals surface area contributed by atoms with Crippen molar-refractivity contribution >= 4 is 22.2 Å². The number of rotatable bonds is 5. The minimum Gasteiger partial charge on any atom is -0.347 e. The van der Waals surface area contributed by atoms with Gasteiger partial charge in [-0.05, 0) is 54.1 Å². The maximum Gasteiger partial charge on any atom is 0.0503 e. The highest BCUT2D eigenvalue weighted by Crippen LogP contribution is 2.37. The van der Waals surface area contributed by atoms with Gasteiger partial charge in [-0.2, -0.15) is 0 Å². The molecule has 1 atom stereocenters. The molecule has 4 heteroatoms. The molecule has 0 N–H and O–H groups in total. The van der Waals surface area contributed by atoms with Crippen molar-refractivity contribution in [3.8, 4) is 0 Å². The zero-order valence-corrected chi connectivity index (χ0v) is 17.0. The summed E-state index contributed by atoms with van der Waals surface area (Å²) in [7, 11) is 0. The van der Waals surface area contributed by atoms with Crippen molar-refractivity contribution < 1.29 is 0 Å². The lowest BCUT2D eigenvalue weighted by Gasteiger charge is -2.35. The fraction of sp³-hybridized carbons (Fsp3) is 0.292. The van der Waals surface area contributed by atoms with E-state index >= 15 is 0 Å². The first kappa shape index (κ1) is 17.7. The number of hydrogen-bond acceptors (Lipinski definition) is 3. The van der Waals surface area contributed by atoms with Crippen molar-refractivity contribution in [2.45, 2.75) is 38.9 Å². The fourth-order valence-corrected chi connectivity index (χ4v) is 5.58. The largest absolute Gasteiger partial charge is 0.347 e. The van der Waals surface area contributed by atoms with Crippen LogP contribution >= 0.6 is 11.3 Å². The second kappa shape index (κ2) is 7.53. The number of thiophene rings is 1. The molecule has 0 aliphatic carbocycles. The van der Waals surface area contributed by atoms with E-state index in [1.54, 1.807) is 0 Å². The van der Waals surface area contributed by atoms with Crippen LogP contribution in [0.5, 0.6) is 0 Å². The number of nitrogens with zero attached hydrogens (tertiary/aromatic N) is 3. The van der Waals surface area contributed by atoms with Crippen molar-refractivity contribution in [3.63, 3.8) is 0 Å². The molecule has 0 amide bonds. The van der Waals surface area contributed by atoms with Crippen LogP contribution in [0.3, 0.4) is 0 Å². The highest BCUT2D eigenvalue weighted by molar-refractivity contribution is 7.10. The summed E-state index contributed by atoms with van der Waals surface area (Å²) in [5.41, 5.74) is 5.48. The highest BCUT2D eigenvalue weighted by atomic mass is 32.1. The number of fused-ring (bicyclic) bond motifs is 2. The molecule has 1 aliphatic rings. The summed E-state index contributed by atoms with van der Waals surface area (Å²) in [6.45, 7) is 5.32. The summed E-state index contributed by atoms with van der Waals surface area (Å²) in [5.74, 6) is 0. The van der Waals surface area contributed by atoms with Crippen LogP contribution in [-0.2, 0) is 25.9 Å². The van der Waals surface area contributed by atoms with Gasteiger partial charge in [0, 0.05) is 59.9 Å². The summed E-state index contributed by atoms with van der Waals surface area (Å²) >= 11 is 1.91. The Morgan fingerprint density at radius 2 is 2.00 bits per heavy atom. The zero-order valence-electron chi connectivity index (χ0n) is 16.2. The minimum atomic E-state index is 0.405. The average molecular weight is 388 g/mol. The molecule has 3 nitrogen and oxygen atoms in total. The van der Waals surface area contributed by atoms with Crippen molar-refractivity contribution in [2.75, 3.05) is 6.54 Å². The third kappa shape index (κ3) is 3.17. The Balaban J connectivity index is 1.50. The SMILES string of the molecule is CCn1cc(CN2CCc3ccsc3C2Cc2ccccn2)c2ccccc21. The molecule has 0 spiro atoms. The molecule has 1 aliphatic heterocycles. The molecule has 4 heterocycles. The Kier molecular flexibility index (Phi) is 4.75. The van der Waals surface area contributed by atoms with Crippen LogP contribution < -0.4 is 0 Å². The summed E-state index contributed by atoms with van der Waals surface area (Å²) in [4.78, 5) is 8.80. The molecule has 1 aromatic carbocycles. The van der Waals surface area contributed by atoms with E-state index in [4.69, 9.17) is 0 Å². The second-order valence-corrected chi connectivity index (χ2v) is 8.48. The van der Waals surface area contributed by atoms with Crippen LogP contribution in [0, 0.1) is 0 Å². The van der Waals surface area contributed by atoms with Crippen molar-refractivity contribution in [2.24, 2.45) is 0 Å². The number of para-hydroxylation sites is 1. The predicted octanol–water partition coefficient (Wildman–Crippen LogP) is 5.46. The molecule has 4 aromatic rings. The van der Waals surface area contributed by atoms with E-state index in [-0.39, 0.29) is 0 Å². The monoisotopic (exact) mass is 387 g/mol. The van der Waals surface area contributed by atoms with Gasteiger partial charge in [0.2, 0.25) is 0 Å². The van der Waals surface area contributed by atoms with Crippen LogP contribution in [0.4, 0.5) is 0 Å². The molecule has 28 heavy (non-hydrogen) atoms. The molecule has 1 unspecified atom stereocenters. The number of benzene rings is 1. The Morgan fingerprint density at radius 1 is 1.11 bits per heavy atom. The Bertz CT molecular complexity index is 1080. The lowest BCUT2D eigenvalue weighted by Crippen LogP contribution is -2.35. The second-order valence-electron chi connectivity index (χ2n) is 7.53. The van der Waals surface area contributed by atoms with Gasteiger partial charge in [0.25, 0.3) is 0 Å². The lowest BCUT2D eigenvalue weighted by molar-refractivity contribution is 0.178. The first-order valence-corrected chi connectivity index (χ1v) is 11.0. The number of aromatic nitrogens is 2. The lowest BCUT2D eigenvalue weighted by atomic mass is 9.97. The minimum absolute atomic E-state index is 0.405. The quantitative estimate of drug-likeness (QED) is 0.453. The molecule has 5 rings (SSSR count). The Labute approximate surface area is 170 Å². The number of aryl methyl sites for hydroxylation is 1. The zero-order chi connectivity index (χ0) is 18.9. The van der Waals surface area contributed by atoms with Crippen LogP contribution in [-0.4, -0.2) is 21.0 Å². The molecule has 0 radical (unpaired) electrons. The van der Waals surface area contributed by atoms with Gasteiger partial charge in [-0.15, -0.1) is 11.3 Å². The van der Waals surface area contributed by atoms with Gasteiger partial charge < -0.3 is 4.57 Å². The van der Waals surface area contributed by atoms with Crippen molar-refractivity contribution in [1.82, 2.24) is 14.5 Å². The predicted molar refractivity (Wildman–Crippen MR) is 117 cm³/mol. The van der Waals surface area contributed by atoms with E-state index in [0.29, 0.717) is 6.04 Å². The van der Waals surface area contributed by atoms with Crippen molar-refractivity contribution in [3.05, 3.63) is 88.0 Å². The smallest absolute Gasteiger partial charge is 0.0503 e. The standard InChI is InChI=1S/C24H25N3S/c1-2-26-16-19(21-8-3-4-9-22(21)26)17-27-13-10-18-11-14-28-24(18)23(27)15-20-7-5-6-12-25-20/h3-9,11-12,14,16,23H,2,10,13,15,17H2,1H3. The topological polar surface area (TPSA) is 21.1 Å². The number of hydrogen-bond donors (Lipinski definition) is 0. The summed E-state index contributed by atoms with van der Waals surface area (Å²) in [5, 5.41) is 3.64. The van der Waals surface area contributed by atoms with Gasteiger partial charge in [0.05, 0.1) is 6.04 Å². The van der Waals surface area contributed by atoms with E-state index in [1.807, 2.05) is 23.6 Å². The van der Waals surface area contributed by atoms with Crippen LogP contribution in [0.15, 0.2) is 66.3 Å². The fourth-order valence-electron chi connectivity index (χ4n) is 4.49. The van der Waals surface area contributed by atoms with E-state index < -0.39 is 0 Å². The van der Waals surface area contributed by atoms with Crippen LogP contribution in [0.1, 0.15) is 34.7 Å². The van der Waals surface area contributed by atoms with E-state index in [2.05, 4.69) is 75.4 Å². The molecule has 3 aromatic heterocycles. The van der Waals surface area contributed by atoms with E-state index in [9.17, 15) is 0 Å². The van der Waals surface area contributed by atoms with Crippen LogP contribution in [0.2, 0.25) is 0 Å². The third-order valence-electron chi connectivity index (χ3n) is 5.91. The average Bonchev–Trinajstić information content (AvgIpc) is 3.35. The van der Waals surface area contributed by atoms with Gasteiger partial charge in [-0.25, -0.2) is 0 Å². The van der Waals surface area contributed by atoms with Gasteiger partial charge in [-0.3, -0.25) is 9.88 Å². The molecule has 0 saturated carbocycles. The molecular formula is C24H25N3S. The van der Waals surface area contributed by atoms with Gasteiger partial charge >= 0.3 is 0 Å². The van der Waals surface area contributed by atoms with E-state index in [0.717, 1.165) is 32.5 Å². The Morgan fingerprint density at radius 3 is 2.86 bits per heavy atom. The maximum absolute atomic E-state index is 4.61. The highest BCUT2D eigenvalue weighted by Gasteiger charge is 2.29. The first-order valence-electron chi connectivity index (χ1n) is 10.1. The molecule has 0 fully saturated rings. The van der Waals surface area contributed by atoms with Gasteiger partial charge in [-0.1, -0.05) is 24.3 Å². The Hall–Kier alpha value is -2.43. The maximum atomic E-state index is 4.61. The van der Waals surface area contributed by atoms with Gasteiger partial charge in [0.15, 0.2) is 0 Å². The van der Waals surface area contributed by atoms with Gasteiger partial charge in [0.1, 0.15) is 0 Å². The molecular weight excluding hydrogens is 362 g/mol. The normalized spacial score (nSPS) is 17.1. The van der Waals surface area contributed by atoms with Crippen LogP contribution in [0.25, 0.3) is 10.9 Å². The summed E-state index contributed by atoms with van der Waals surface area (Å²) in [6, 6.07) is 17.8. The van der Waals surface area contributed by atoms with E-state index in [1.165, 1.54) is 32.6 Å². The summed E-state index contributed by atoms with van der Waals surface area (Å²) < 4.78 is 2.37. The summed E-state index contributed by atoms with van der Waals surface area (Å²) in [6.07, 6.45) is 6.38. The number of pyridine rings is 1. The first-order chi connectivity index (χ1) is 13.8. The molecule has 0 bridgehead atoms. The molecule has 142 valence electrons. The third-order valence-corrected chi connectivity index (χ3v) is 6.97.